The number of carbonyl (C=O) groups is 2. The van der Waals surface area contributed by atoms with Crippen molar-refractivity contribution in [2.24, 2.45) is 7.05 Å². The molecule has 10 nitrogen and oxygen atoms in total. The molecule has 0 bridgehead atoms. The molecule has 1 aromatic heterocycles. The molecule has 1 aliphatic heterocycles. The van der Waals surface area contributed by atoms with Crippen molar-refractivity contribution in [1.82, 2.24) is 20.2 Å². The lowest BCUT2D eigenvalue weighted by Gasteiger charge is -2.44. The summed E-state index contributed by atoms with van der Waals surface area (Å²) in [6.45, 7) is 1.11. The number of halogens is 9. The molecule has 0 fully saturated rings. The van der Waals surface area contributed by atoms with Crippen molar-refractivity contribution in [2.75, 3.05) is 9.80 Å². The van der Waals surface area contributed by atoms with Gasteiger partial charge in [-0.25, -0.2) is 0 Å². The van der Waals surface area contributed by atoms with E-state index in [2.05, 4.69) is 20.1 Å². The average Bonchev–Trinajstić information content (AvgIpc) is 3.48. The molecule has 19 heteroatoms. The number of unbranched alkanes of at least 4 members (excludes halogenated alkanes) is 5. The molecule has 52 heavy (non-hydrogen) atoms. The van der Waals surface area contributed by atoms with Crippen LogP contribution >= 0.6 is 0 Å². The molecule has 0 aliphatic carbocycles. The number of fused-ring (bicyclic) bond motifs is 1. The van der Waals surface area contributed by atoms with E-state index in [4.69, 9.17) is 5.11 Å². The van der Waals surface area contributed by atoms with Crippen LogP contribution in [0.15, 0.2) is 36.4 Å². The molecule has 1 aliphatic rings. The fourth-order valence-corrected chi connectivity index (χ4v) is 6.28. The topological polar surface area (TPSA) is 114 Å². The average molecular weight is 753 g/mol. The van der Waals surface area contributed by atoms with Crippen LogP contribution in [0.5, 0.6) is 5.75 Å². The van der Waals surface area contributed by atoms with E-state index in [1.54, 1.807) is 6.92 Å². The van der Waals surface area contributed by atoms with Crippen LogP contribution in [0, 0.1) is 0 Å². The van der Waals surface area contributed by atoms with E-state index in [0.717, 1.165) is 36.2 Å². The second-order valence-electron chi connectivity index (χ2n) is 12.5. The Bertz CT molecular complexity index is 1660. The van der Waals surface area contributed by atoms with Crippen molar-refractivity contribution in [1.29, 1.82) is 0 Å². The third-order valence-corrected chi connectivity index (χ3v) is 8.61. The number of carboxylic acids is 1. The summed E-state index contributed by atoms with van der Waals surface area (Å²) in [6, 6.07) is 2.73. The maximum absolute atomic E-state index is 13.8. The Labute approximate surface area is 292 Å². The summed E-state index contributed by atoms with van der Waals surface area (Å²) >= 11 is 0. The van der Waals surface area contributed by atoms with Gasteiger partial charge in [-0.05, 0) is 72.9 Å². The number of ether oxygens (including phenoxy) is 1. The largest absolute Gasteiger partial charge is 0.573 e. The van der Waals surface area contributed by atoms with Gasteiger partial charge in [0.2, 0.25) is 5.91 Å². The number of aromatic nitrogens is 4. The van der Waals surface area contributed by atoms with E-state index in [1.807, 2.05) is 0 Å². The lowest BCUT2D eigenvalue weighted by atomic mass is 9.87. The first kappa shape index (κ1) is 40.2. The minimum atomic E-state index is -5.14. The molecular weight excluding hydrogens is 715 g/mol. The third-order valence-electron chi connectivity index (χ3n) is 8.61. The number of benzene rings is 2. The fraction of sp³-hybridized carbons (Fsp3) is 0.545. The van der Waals surface area contributed by atoms with Gasteiger partial charge in [0.25, 0.3) is 5.95 Å². The Hall–Kier alpha value is -4.58. The molecule has 4 rings (SSSR count). The zero-order valence-electron chi connectivity index (χ0n) is 28.2. The van der Waals surface area contributed by atoms with E-state index in [9.17, 15) is 49.1 Å². The summed E-state index contributed by atoms with van der Waals surface area (Å²) < 4.78 is 127. The van der Waals surface area contributed by atoms with Crippen LogP contribution in [-0.2, 0) is 35.5 Å². The number of aliphatic carboxylic acids is 1. The van der Waals surface area contributed by atoms with Gasteiger partial charge in [0.1, 0.15) is 5.75 Å². The van der Waals surface area contributed by atoms with Crippen LogP contribution in [0.25, 0.3) is 0 Å². The molecule has 0 unspecified atom stereocenters. The highest BCUT2D eigenvalue weighted by molar-refractivity contribution is 5.95. The molecule has 0 saturated carbocycles. The van der Waals surface area contributed by atoms with E-state index in [1.165, 1.54) is 22.9 Å². The molecule has 0 saturated heterocycles. The number of tetrazole rings is 1. The molecule has 0 spiro atoms. The van der Waals surface area contributed by atoms with Gasteiger partial charge in [-0.2, -0.15) is 31.1 Å². The monoisotopic (exact) mass is 752 g/mol. The Morgan fingerprint density at radius 3 is 2.00 bits per heavy atom. The highest BCUT2D eigenvalue weighted by Gasteiger charge is 2.41. The summed E-state index contributed by atoms with van der Waals surface area (Å²) in [5.74, 6) is -2.10. The Balaban J connectivity index is 1.73. The predicted octanol–water partition coefficient (Wildman–Crippen LogP) is 8.61. The van der Waals surface area contributed by atoms with E-state index in [0.29, 0.717) is 37.8 Å². The second-order valence-corrected chi connectivity index (χ2v) is 12.5. The molecule has 0 radical (unpaired) electrons. The number of hydrogen-bond donors (Lipinski definition) is 1. The Morgan fingerprint density at radius 1 is 0.885 bits per heavy atom. The second kappa shape index (κ2) is 16.4. The number of alkyl halides is 9. The van der Waals surface area contributed by atoms with Crippen LogP contribution in [0.1, 0.15) is 99.4 Å². The number of hydrogen-bond acceptors (Lipinski definition) is 7. The summed E-state index contributed by atoms with van der Waals surface area (Å²) in [4.78, 5) is 28.2. The number of anilines is 2. The molecule has 2 heterocycles. The third kappa shape index (κ3) is 10.7. The Morgan fingerprint density at radius 2 is 1.48 bits per heavy atom. The number of rotatable bonds is 15. The summed E-state index contributed by atoms with van der Waals surface area (Å²) in [5.41, 5.74) is -3.29. The van der Waals surface area contributed by atoms with Gasteiger partial charge in [-0.3, -0.25) is 9.59 Å². The molecular formula is C33H37F9N6O4. The highest BCUT2D eigenvalue weighted by Crippen LogP contribution is 2.46. The number of carboxylic acid groups (broad SMARTS) is 1. The number of amides is 1. The first-order chi connectivity index (χ1) is 24.3. The summed E-state index contributed by atoms with van der Waals surface area (Å²) in [7, 11) is 1.37. The first-order valence-electron chi connectivity index (χ1n) is 16.5. The smallest absolute Gasteiger partial charge is 0.481 e. The SMILES string of the molecule is CC[C@@H]1C[C@H](N(Cc2cc(C(F)(F)F)cc(C(F)(F)F)c2)c2nnn(C)n2)c2cc(OC(F)(F)F)ccc2N1C(=O)CCCCCCCCC(=O)O. The molecule has 2 aromatic carbocycles. The normalized spacial score (nSPS) is 16.5. The molecule has 1 amide bonds. The van der Waals surface area contributed by atoms with Gasteiger partial charge in [-0.1, -0.05) is 37.7 Å². The minimum Gasteiger partial charge on any atom is -0.481 e. The van der Waals surface area contributed by atoms with Gasteiger partial charge in [0.15, 0.2) is 0 Å². The van der Waals surface area contributed by atoms with Crippen LogP contribution in [-0.4, -0.2) is 49.6 Å². The van der Waals surface area contributed by atoms with Crippen molar-refractivity contribution in [3.63, 3.8) is 0 Å². The molecule has 286 valence electrons. The van der Waals surface area contributed by atoms with E-state index < -0.39 is 65.8 Å². The Kier molecular flexibility index (Phi) is 12.7. The standard InChI is InChI=1S/C33H37F9N6O4/c1-3-23-17-27(47(30-43-45-46(2)44-30)19-20-14-21(31(34,35)36)16-22(15-20)32(37,38)39)25-18-24(52-33(40,41)42)12-13-26(25)48(23)28(49)10-8-6-4-5-7-9-11-29(50)51/h12-16,18,23,27H,3-11,17,19H2,1-2H3,(H,50,51)/t23-,27+/m1/s1. The van der Waals surface area contributed by atoms with Crippen molar-refractivity contribution in [3.05, 3.63) is 58.7 Å². The van der Waals surface area contributed by atoms with Crippen LogP contribution < -0.4 is 14.5 Å². The van der Waals surface area contributed by atoms with Gasteiger partial charge in [0, 0.05) is 36.7 Å². The van der Waals surface area contributed by atoms with Crippen LogP contribution in [0.2, 0.25) is 0 Å². The van der Waals surface area contributed by atoms with Crippen LogP contribution in [0.3, 0.4) is 0 Å². The summed E-state index contributed by atoms with van der Waals surface area (Å²) in [5, 5.41) is 20.6. The molecule has 2 atom stereocenters. The highest BCUT2D eigenvalue weighted by atomic mass is 19.4. The zero-order valence-corrected chi connectivity index (χ0v) is 28.2. The van der Waals surface area contributed by atoms with Crippen molar-refractivity contribution in [3.8, 4) is 5.75 Å². The van der Waals surface area contributed by atoms with Gasteiger partial charge in [0.05, 0.1) is 24.2 Å². The maximum Gasteiger partial charge on any atom is 0.573 e. The fourth-order valence-electron chi connectivity index (χ4n) is 6.28. The lowest BCUT2D eigenvalue weighted by Crippen LogP contribution is -2.47. The van der Waals surface area contributed by atoms with Gasteiger partial charge < -0.3 is 19.6 Å². The number of nitrogens with zero attached hydrogens (tertiary/aromatic N) is 6. The van der Waals surface area contributed by atoms with Gasteiger partial charge in [-0.15, -0.1) is 18.3 Å². The number of aryl methyl sites for hydroxylation is 1. The van der Waals surface area contributed by atoms with Crippen molar-refractivity contribution in [2.45, 2.75) is 108 Å². The molecule has 3 aromatic rings. The maximum atomic E-state index is 13.8. The van der Waals surface area contributed by atoms with E-state index in [-0.39, 0.29) is 48.4 Å². The minimum absolute atomic E-state index is 0.0127. The number of carbonyl (C=O) groups excluding carboxylic acids is 1. The predicted molar refractivity (Wildman–Crippen MR) is 168 cm³/mol. The first-order valence-corrected chi connectivity index (χ1v) is 16.5. The van der Waals surface area contributed by atoms with E-state index >= 15 is 0 Å². The lowest BCUT2D eigenvalue weighted by molar-refractivity contribution is -0.274. The molecule has 1 N–H and O–H groups in total. The van der Waals surface area contributed by atoms with Crippen LogP contribution in [0.4, 0.5) is 51.1 Å². The van der Waals surface area contributed by atoms with Gasteiger partial charge >= 0.3 is 24.7 Å². The van der Waals surface area contributed by atoms with Crippen molar-refractivity contribution >= 4 is 23.5 Å². The van der Waals surface area contributed by atoms with Crippen molar-refractivity contribution < 1.29 is 58.9 Å². The quantitative estimate of drug-likeness (QED) is 0.121. The summed E-state index contributed by atoms with van der Waals surface area (Å²) in [6.07, 6.45) is -11.0. The zero-order chi connectivity index (χ0) is 38.4.